The van der Waals surface area contributed by atoms with Crippen LogP contribution >= 0.6 is 11.3 Å². The van der Waals surface area contributed by atoms with Crippen molar-refractivity contribution in [3.05, 3.63) is 46.3 Å². The lowest BCUT2D eigenvalue weighted by Gasteiger charge is -2.25. The minimum Gasteiger partial charge on any atom is -0.372 e. The number of amides is 1. The second-order valence-corrected chi connectivity index (χ2v) is 5.73. The number of thiophene rings is 1. The molecule has 0 aliphatic rings. The van der Waals surface area contributed by atoms with Gasteiger partial charge in [-0.15, -0.1) is 11.3 Å². The minimum atomic E-state index is -0.00786. The fourth-order valence-corrected chi connectivity index (χ4v) is 2.85. The molecular weight excluding hydrogens is 270 g/mol. The second kappa shape index (κ2) is 6.52. The highest BCUT2D eigenvalue weighted by Crippen LogP contribution is 2.17. The lowest BCUT2D eigenvalue weighted by atomic mass is 10.1. The molecule has 0 aliphatic heterocycles. The largest absolute Gasteiger partial charge is 0.372 e. The van der Waals surface area contributed by atoms with Crippen LogP contribution in [0.15, 0.2) is 35.8 Å². The molecule has 2 heterocycles. The number of carbonyl (C=O) groups is 1. The first-order valence-electron chi connectivity index (χ1n) is 6.55. The number of pyridine rings is 1. The standard InChI is InChI=1S/C15H19N3OS/c1-11(10-12-6-5-9-20-12)18(3)15(19)13-7-4-8-17-14(13)16-2/h4-9,11H,10H2,1-3H3,(H,16,17). The summed E-state index contributed by atoms with van der Waals surface area (Å²) in [5.74, 6) is 0.610. The predicted molar refractivity (Wildman–Crippen MR) is 83.4 cm³/mol. The fourth-order valence-electron chi connectivity index (χ4n) is 2.02. The Morgan fingerprint density at radius 2 is 2.25 bits per heavy atom. The summed E-state index contributed by atoms with van der Waals surface area (Å²) in [7, 11) is 3.61. The van der Waals surface area contributed by atoms with E-state index in [2.05, 4.69) is 28.7 Å². The van der Waals surface area contributed by atoms with Crippen LogP contribution in [0.2, 0.25) is 0 Å². The number of likely N-dealkylation sites (N-methyl/N-ethyl adjacent to an activating group) is 1. The number of carbonyl (C=O) groups excluding carboxylic acids is 1. The van der Waals surface area contributed by atoms with E-state index >= 15 is 0 Å². The number of nitrogens with one attached hydrogen (secondary N) is 1. The Morgan fingerprint density at radius 3 is 2.90 bits per heavy atom. The predicted octanol–water partition coefficient (Wildman–Crippen LogP) is 2.89. The number of hydrogen-bond donors (Lipinski definition) is 1. The van der Waals surface area contributed by atoms with Crippen molar-refractivity contribution in [3.8, 4) is 0 Å². The minimum absolute atomic E-state index is 0.00786. The Kier molecular flexibility index (Phi) is 4.74. The molecule has 2 aromatic rings. The lowest BCUT2D eigenvalue weighted by Crippen LogP contribution is -2.36. The first-order valence-corrected chi connectivity index (χ1v) is 7.43. The summed E-state index contributed by atoms with van der Waals surface area (Å²) < 4.78 is 0. The molecule has 1 unspecified atom stereocenters. The number of rotatable bonds is 5. The summed E-state index contributed by atoms with van der Waals surface area (Å²) in [4.78, 5) is 19.8. The average Bonchev–Trinajstić information content (AvgIpc) is 2.98. The zero-order chi connectivity index (χ0) is 14.5. The van der Waals surface area contributed by atoms with E-state index in [-0.39, 0.29) is 11.9 Å². The van der Waals surface area contributed by atoms with Gasteiger partial charge in [0.05, 0.1) is 5.56 Å². The van der Waals surface area contributed by atoms with Gasteiger partial charge in [-0.2, -0.15) is 0 Å². The van der Waals surface area contributed by atoms with Gasteiger partial charge < -0.3 is 10.2 Å². The molecule has 1 atom stereocenters. The Morgan fingerprint density at radius 1 is 1.45 bits per heavy atom. The molecule has 0 spiro atoms. The zero-order valence-corrected chi connectivity index (χ0v) is 12.8. The van der Waals surface area contributed by atoms with Crippen LogP contribution in [-0.2, 0) is 6.42 Å². The van der Waals surface area contributed by atoms with Crippen molar-refractivity contribution >= 4 is 23.1 Å². The lowest BCUT2D eigenvalue weighted by molar-refractivity contribution is 0.0744. The first kappa shape index (κ1) is 14.5. The Labute approximate surface area is 123 Å². The maximum absolute atomic E-state index is 12.5. The van der Waals surface area contributed by atoms with Gasteiger partial charge in [0.25, 0.3) is 5.91 Å². The summed E-state index contributed by atoms with van der Waals surface area (Å²) in [5, 5.41) is 5.02. The van der Waals surface area contributed by atoms with Crippen LogP contribution in [-0.4, -0.2) is 35.9 Å². The number of anilines is 1. The van der Waals surface area contributed by atoms with Gasteiger partial charge in [0.1, 0.15) is 5.82 Å². The molecule has 1 amide bonds. The van der Waals surface area contributed by atoms with Gasteiger partial charge in [-0.25, -0.2) is 4.98 Å². The third-order valence-electron chi connectivity index (χ3n) is 3.33. The van der Waals surface area contributed by atoms with E-state index in [1.165, 1.54) is 4.88 Å². The smallest absolute Gasteiger partial charge is 0.257 e. The van der Waals surface area contributed by atoms with Gasteiger partial charge in [0.15, 0.2) is 0 Å². The van der Waals surface area contributed by atoms with Gasteiger partial charge >= 0.3 is 0 Å². The molecule has 0 bridgehead atoms. The number of hydrogen-bond acceptors (Lipinski definition) is 4. The Hall–Kier alpha value is -1.88. The van der Waals surface area contributed by atoms with Gasteiger partial charge in [-0.1, -0.05) is 6.07 Å². The van der Waals surface area contributed by atoms with Crippen LogP contribution in [0.1, 0.15) is 22.2 Å². The van der Waals surface area contributed by atoms with Crippen molar-refractivity contribution in [1.29, 1.82) is 0 Å². The second-order valence-electron chi connectivity index (χ2n) is 4.70. The highest BCUT2D eigenvalue weighted by Gasteiger charge is 2.20. The fraction of sp³-hybridized carbons (Fsp3) is 0.333. The highest BCUT2D eigenvalue weighted by molar-refractivity contribution is 7.09. The molecule has 106 valence electrons. The van der Waals surface area contributed by atoms with Crippen molar-refractivity contribution in [3.63, 3.8) is 0 Å². The van der Waals surface area contributed by atoms with E-state index in [0.29, 0.717) is 11.4 Å². The molecule has 0 saturated carbocycles. The van der Waals surface area contributed by atoms with Crippen molar-refractivity contribution < 1.29 is 4.79 Å². The van der Waals surface area contributed by atoms with E-state index < -0.39 is 0 Å². The summed E-state index contributed by atoms with van der Waals surface area (Å²) in [6.45, 7) is 2.06. The maximum Gasteiger partial charge on any atom is 0.257 e. The molecule has 2 aromatic heterocycles. The maximum atomic E-state index is 12.5. The molecule has 0 fully saturated rings. The van der Waals surface area contributed by atoms with Crippen LogP contribution in [0.4, 0.5) is 5.82 Å². The molecule has 0 aliphatic carbocycles. The SMILES string of the molecule is CNc1ncccc1C(=O)N(C)C(C)Cc1cccs1. The summed E-state index contributed by atoms with van der Waals surface area (Å²) in [5.41, 5.74) is 0.607. The molecule has 2 rings (SSSR count). The summed E-state index contributed by atoms with van der Waals surface area (Å²) >= 11 is 1.72. The van der Waals surface area contributed by atoms with Crippen molar-refractivity contribution in [2.24, 2.45) is 0 Å². The summed E-state index contributed by atoms with van der Waals surface area (Å²) in [6, 6.07) is 7.87. The van der Waals surface area contributed by atoms with E-state index in [4.69, 9.17) is 0 Å². The molecule has 4 nitrogen and oxygen atoms in total. The van der Waals surface area contributed by atoms with Crippen LogP contribution in [0.25, 0.3) is 0 Å². The monoisotopic (exact) mass is 289 g/mol. The quantitative estimate of drug-likeness (QED) is 0.920. The van der Waals surface area contributed by atoms with Crippen molar-refractivity contribution in [1.82, 2.24) is 9.88 Å². The van der Waals surface area contributed by atoms with E-state index in [0.717, 1.165) is 6.42 Å². The topological polar surface area (TPSA) is 45.2 Å². The van der Waals surface area contributed by atoms with Crippen LogP contribution in [0.5, 0.6) is 0 Å². The van der Waals surface area contributed by atoms with Gasteiger partial charge in [-0.05, 0) is 30.5 Å². The van der Waals surface area contributed by atoms with Crippen LogP contribution in [0.3, 0.4) is 0 Å². The third-order valence-corrected chi connectivity index (χ3v) is 4.23. The van der Waals surface area contributed by atoms with Crippen LogP contribution < -0.4 is 5.32 Å². The molecule has 0 saturated heterocycles. The van der Waals surface area contributed by atoms with Crippen LogP contribution in [0, 0.1) is 0 Å². The molecule has 0 radical (unpaired) electrons. The van der Waals surface area contributed by atoms with Gasteiger partial charge in [0, 0.05) is 37.6 Å². The molecule has 1 N–H and O–H groups in total. The molecular formula is C15H19N3OS. The average molecular weight is 289 g/mol. The van der Waals surface area contributed by atoms with Crippen molar-refractivity contribution in [2.45, 2.75) is 19.4 Å². The van der Waals surface area contributed by atoms with E-state index in [1.54, 1.807) is 41.6 Å². The van der Waals surface area contributed by atoms with Crippen molar-refractivity contribution in [2.75, 3.05) is 19.4 Å². The molecule has 20 heavy (non-hydrogen) atoms. The number of aromatic nitrogens is 1. The summed E-state index contributed by atoms with van der Waals surface area (Å²) in [6.07, 6.45) is 2.55. The normalized spacial score (nSPS) is 11.9. The highest BCUT2D eigenvalue weighted by atomic mass is 32.1. The van der Waals surface area contributed by atoms with E-state index in [9.17, 15) is 4.79 Å². The van der Waals surface area contributed by atoms with Gasteiger partial charge in [-0.3, -0.25) is 4.79 Å². The third kappa shape index (κ3) is 3.17. The molecule has 0 aromatic carbocycles. The Bertz CT molecular complexity index is 568. The zero-order valence-electron chi connectivity index (χ0n) is 12.0. The molecule has 5 heteroatoms. The van der Waals surface area contributed by atoms with E-state index in [1.807, 2.05) is 13.1 Å². The Balaban J connectivity index is 2.11. The number of nitrogens with zero attached hydrogens (tertiary/aromatic N) is 2. The first-order chi connectivity index (χ1) is 9.63. The van der Waals surface area contributed by atoms with Gasteiger partial charge in [0.2, 0.25) is 0 Å².